The number of carbonyl (C=O) groups excluding carboxylic acids is 1. The molecule has 0 heterocycles. The number of hydrogen-bond donors (Lipinski definition) is 3. The minimum absolute atomic E-state index is 0.0126. The van der Waals surface area contributed by atoms with Crippen LogP contribution in [0.4, 0.5) is 4.39 Å². The average molecular weight is 352 g/mol. The van der Waals surface area contributed by atoms with Crippen molar-refractivity contribution in [3.63, 3.8) is 0 Å². The fourth-order valence-corrected chi connectivity index (χ4v) is 1.87. The predicted octanol–water partition coefficient (Wildman–Crippen LogP) is 1.92. The molecule has 1 atom stereocenters. The zero-order valence-electron chi connectivity index (χ0n) is 15.6. The van der Waals surface area contributed by atoms with Gasteiger partial charge in [0.1, 0.15) is 17.7 Å². The molecule has 0 radical (unpaired) electrons. The summed E-state index contributed by atoms with van der Waals surface area (Å²) in [7, 11) is 1.68. The molecule has 0 saturated heterocycles. The maximum absolute atomic E-state index is 12.9. The molecule has 0 spiro atoms. The molecule has 0 saturated carbocycles. The number of guanidine groups is 1. The summed E-state index contributed by atoms with van der Waals surface area (Å²) in [6, 6.07) is 5.91. The molecule has 1 unspecified atom stereocenters. The topological polar surface area (TPSA) is 74.8 Å². The van der Waals surface area contributed by atoms with Gasteiger partial charge in [-0.1, -0.05) is 20.8 Å². The number of aliphatic imine (C=N–C) groups is 1. The zero-order valence-corrected chi connectivity index (χ0v) is 15.6. The minimum atomic E-state index is -0.396. The lowest BCUT2D eigenvalue weighted by molar-refractivity contribution is -0.128. The fraction of sp³-hybridized carbons (Fsp3) is 0.556. The molecule has 1 amide bonds. The van der Waals surface area contributed by atoms with Crippen LogP contribution in [0.1, 0.15) is 27.7 Å². The molecule has 1 rings (SSSR count). The molecule has 6 nitrogen and oxygen atoms in total. The summed E-state index contributed by atoms with van der Waals surface area (Å²) >= 11 is 0. The molecule has 1 aromatic carbocycles. The molecule has 0 aliphatic carbocycles. The highest BCUT2D eigenvalue weighted by Crippen LogP contribution is 2.13. The van der Waals surface area contributed by atoms with Crippen LogP contribution in [0.2, 0.25) is 0 Å². The van der Waals surface area contributed by atoms with Crippen molar-refractivity contribution in [1.29, 1.82) is 0 Å². The Morgan fingerprint density at radius 1 is 1.16 bits per heavy atom. The van der Waals surface area contributed by atoms with E-state index in [0.717, 1.165) is 0 Å². The molecule has 7 heteroatoms. The highest BCUT2D eigenvalue weighted by atomic mass is 19.1. The number of nitrogens with zero attached hydrogens (tertiary/aromatic N) is 1. The Labute approximate surface area is 149 Å². The SMILES string of the molecule is CN=C(NCCNC(=O)C(C)(C)C)NCC(C)Oc1ccc(F)cc1. The molecule has 0 bridgehead atoms. The third kappa shape index (κ3) is 8.37. The Hall–Kier alpha value is -2.31. The van der Waals surface area contributed by atoms with Crippen LogP contribution in [-0.2, 0) is 4.79 Å². The van der Waals surface area contributed by atoms with Crippen molar-refractivity contribution in [1.82, 2.24) is 16.0 Å². The molecule has 1 aromatic rings. The lowest BCUT2D eigenvalue weighted by Crippen LogP contribution is -2.45. The zero-order chi connectivity index (χ0) is 18.9. The van der Waals surface area contributed by atoms with Gasteiger partial charge in [-0.05, 0) is 31.2 Å². The lowest BCUT2D eigenvalue weighted by atomic mass is 9.96. The molecule has 3 N–H and O–H groups in total. The van der Waals surface area contributed by atoms with E-state index >= 15 is 0 Å². The van der Waals surface area contributed by atoms with Gasteiger partial charge in [0, 0.05) is 25.6 Å². The van der Waals surface area contributed by atoms with Crippen LogP contribution in [0.5, 0.6) is 5.75 Å². The van der Waals surface area contributed by atoms with Crippen LogP contribution in [0.3, 0.4) is 0 Å². The van der Waals surface area contributed by atoms with Gasteiger partial charge in [-0.3, -0.25) is 9.79 Å². The summed E-state index contributed by atoms with van der Waals surface area (Å²) in [6.07, 6.45) is -0.121. The second-order valence-electron chi connectivity index (χ2n) is 6.77. The highest BCUT2D eigenvalue weighted by molar-refractivity contribution is 5.81. The molecule has 25 heavy (non-hydrogen) atoms. The van der Waals surface area contributed by atoms with E-state index in [-0.39, 0.29) is 17.8 Å². The normalized spacial score (nSPS) is 13.1. The van der Waals surface area contributed by atoms with E-state index in [4.69, 9.17) is 4.74 Å². The van der Waals surface area contributed by atoms with Crippen molar-refractivity contribution in [3.8, 4) is 5.75 Å². The predicted molar refractivity (Wildman–Crippen MR) is 98.3 cm³/mol. The van der Waals surface area contributed by atoms with Gasteiger partial charge in [-0.2, -0.15) is 0 Å². The standard InChI is InChI=1S/C18H29FN4O2/c1-13(25-15-8-6-14(19)7-9-15)12-23-17(20-5)22-11-10-21-16(24)18(2,3)4/h6-9,13H,10-12H2,1-5H3,(H,21,24)(H2,20,22,23). The van der Waals surface area contributed by atoms with E-state index in [1.807, 2.05) is 27.7 Å². The van der Waals surface area contributed by atoms with Crippen molar-refractivity contribution in [2.75, 3.05) is 26.7 Å². The largest absolute Gasteiger partial charge is 0.489 e. The number of nitrogens with one attached hydrogen (secondary N) is 3. The number of carbonyl (C=O) groups is 1. The molecule has 0 aliphatic heterocycles. The maximum atomic E-state index is 12.9. The van der Waals surface area contributed by atoms with Gasteiger partial charge in [-0.15, -0.1) is 0 Å². The molecule has 140 valence electrons. The molecular formula is C18H29FN4O2. The highest BCUT2D eigenvalue weighted by Gasteiger charge is 2.20. The Kier molecular flexibility index (Phi) is 8.18. The number of ether oxygens (including phenoxy) is 1. The fourth-order valence-electron chi connectivity index (χ4n) is 1.87. The van der Waals surface area contributed by atoms with Crippen molar-refractivity contribution in [3.05, 3.63) is 30.1 Å². The van der Waals surface area contributed by atoms with Crippen molar-refractivity contribution >= 4 is 11.9 Å². The lowest BCUT2D eigenvalue weighted by Gasteiger charge is -2.19. The Morgan fingerprint density at radius 3 is 2.32 bits per heavy atom. The summed E-state index contributed by atoms with van der Waals surface area (Å²) in [6.45, 7) is 9.14. The maximum Gasteiger partial charge on any atom is 0.225 e. The molecular weight excluding hydrogens is 323 g/mol. The van der Waals surface area contributed by atoms with E-state index in [0.29, 0.717) is 31.3 Å². The van der Waals surface area contributed by atoms with Gasteiger partial charge in [0.25, 0.3) is 0 Å². The first-order valence-corrected chi connectivity index (χ1v) is 8.37. The van der Waals surface area contributed by atoms with Crippen molar-refractivity contribution < 1.29 is 13.9 Å². The third-order valence-electron chi connectivity index (χ3n) is 3.32. The first kappa shape index (κ1) is 20.7. The summed E-state index contributed by atoms with van der Waals surface area (Å²) in [5, 5.41) is 9.13. The number of benzene rings is 1. The van der Waals surface area contributed by atoms with Gasteiger partial charge in [0.2, 0.25) is 5.91 Å². The van der Waals surface area contributed by atoms with Crippen molar-refractivity contribution in [2.45, 2.75) is 33.8 Å². The van der Waals surface area contributed by atoms with Gasteiger partial charge in [0.15, 0.2) is 5.96 Å². The average Bonchev–Trinajstić information content (AvgIpc) is 2.55. The van der Waals surface area contributed by atoms with E-state index in [1.54, 1.807) is 19.2 Å². The Balaban J connectivity index is 2.27. The second-order valence-corrected chi connectivity index (χ2v) is 6.77. The first-order chi connectivity index (χ1) is 11.7. The summed E-state index contributed by atoms with van der Waals surface area (Å²) in [4.78, 5) is 15.9. The summed E-state index contributed by atoms with van der Waals surface area (Å²) in [5.74, 6) is 0.961. The third-order valence-corrected chi connectivity index (χ3v) is 3.32. The quantitative estimate of drug-likeness (QED) is 0.398. The van der Waals surface area contributed by atoms with Crippen molar-refractivity contribution in [2.24, 2.45) is 10.4 Å². The number of halogens is 1. The first-order valence-electron chi connectivity index (χ1n) is 8.37. The van der Waals surface area contributed by atoms with E-state index in [1.165, 1.54) is 12.1 Å². The van der Waals surface area contributed by atoms with Gasteiger partial charge >= 0.3 is 0 Å². The second kappa shape index (κ2) is 9.86. The Morgan fingerprint density at radius 2 is 1.76 bits per heavy atom. The van der Waals surface area contributed by atoms with E-state index in [2.05, 4.69) is 20.9 Å². The van der Waals surface area contributed by atoms with Crippen LogP contribution < -0.4 is 20.7 Å². The Bertz CT molecular complexity index is 567. The number of amides is 1. The number of hydrogen-bond acceptors (Lipinski definition) is 3. The smallest absolute Gasteiger partial charge is 0.225 e. The van der Waals surface area contributed by atoms with E-state index in [9.17, 15) is 9.18 Å². The minimum Gasteiger partial charge on any atom is -0.489 e. The summed E-state index contributed by atoms with van der Waals surface area (Å²) < 4.78 is 18.6. The van der Waals surface area contributed by atoms with Gasteiger partial charge in [-0.25, -0.2) is 4.39 Å². The van der Waals surface area contributed by atoms with Gasteiger partial charge in [0.05, 0.1) is 6.54 Å². The van der Waals surface area contributed by atoms with Gasteiger partial charge < -0.3 is 20.7 Å². The molecule has 0 aromatic heterocycles. The monoisotopic (exact) mass is 352 g/mol. The van der Waals surface area contributed by atoms with Crippen LogP contribution in [-0.4, -0.2) is 44.7 Å². The van der Waals surface area contributed by atoms with Crippen LogP contribution in [0.15, 0.2) is 29.3 Å². The van der Waals surface area contributed by atoms with Crippen LogP contribution >= 0.6 is 0 Å². The van der Waals surface area contributed by atoms with Crippen LogP contribution in [0, 0.1) is 11.2 Å². The summed E-state index contributed by atoms with van der Waals surface area (Å²) in [5.41, 5.74) is -0.396. The number of rotatable bonds is 7. The van der Waals surface area contributed by atoms with Crippen LogP contribution in [0.25, 0.3) is 0 Å². The van der Waals surface area contributed by atoms with E-state index < -0.39 is 5.41 Å². The molecule has 0 fully saturated rings. The molecule has 0 aliphatic rings.